The molecule has 3 N–H and O–H groups in total. The van der Waals surface area contributed by atoms with Gasteiger partial charge in [0, 0.05) is 18.9 Å². The van der Waals surface area contributed by atoms with E-state index in [0.29, 0.717) is 16.2 Å². The van der Waals surface area contributed by atoms with Gasteiger partial charge in [-0.15, -0.1) is 0 Å². The van der Waals surface area contributed by atoms with Gasteiger partial charge in [0.1, 0.15) is 5.82 Å². The van der Waals surface area contributed by atoms with Crippen LogP contribution in [0.1, 0.15) is 0 Å². The fraction of sp³-hybridized carbons (Fsp3) is 0.0909. The Balaban J connectivity index is 2.38. The third-order valence-electron chi connectivity index (χ3n) is 2.39. The highest BCUT2D eigenvalue weighted by molar-refractivity contribution is 9.10. The molecule has 0 radical (unpaired) electrons. The summed E-state index contributed by atoms with van der Waals surface area (Å²) in [6.07, 6.45) is 1.59. The summed E-state index contributed by atoms with van der Waals surface area (Å²) in [5.74, 6) is 5.93. The average molecular weight is 312 g/mol. The fourth-order valence-corrected chi connectivity index (χ4v) is 1.91. The van der Waals surface area contributed by atoms with Crippen LogP contribution >= 0.6 is 15.9 Å². The zero-order chi connectivity index (χ0) is 13.1. The lowest BCUT2D eigenvalue weighted by molar-refractivity contribution is 0.628. The highest BCUT2D eigenvalue weighted by Gasteiger charge is 2.11. The number of nitrogens with zero attached hydrogens (tertiary/aromatic N) is 3. The third kappa shape index (κ3) is 2.57. The lowest BCUT2D eigenvalue weighted by atomic mass is 10.3. The number of rotatable bonds is 3. The fourth-order valence-electron chi connectivity index (χ4n) is 1.45. The van der Waals surface area contributed by atoms with Crippen LogP contribution in [-0.2, 0) is 0 Å². The van der Waals surface area contributed by atoms with Crippen molar-refractivity contribution < 1.29 is 4.39 Å². The molecule has 1 heterocycles. The van der Waals surface area contributed by atoms with Crippen LogP contribution in [0.2, 0.25) is 0 Å². The molecule has 0 aliphatic heterocycles. The molecule has 0 bridgehead atoms. The topological polar surface area (TPSA) is 67.1 Å². The number of anilines is 3. The summed E-state index contributed by atoms with van der Waals surface area (Å²) in [5, 5.41) is 0. The molecule has 0 aliphatic rings. The first-order valence-corrected chi connectivity index (χ1v) is 5.89. The minimum atomic E-state index is -0.279. The smallest absolute Gasteiger partial charge is 0.239 e. The minimum Gasteiger partial charge on any atom is -0.328 e. The zero-order valence-electron chi connectivity index (χ0n) is 9.56. The maximum atomic E-state index is 12.9. The van der Waals surface area contributed by atoms with Crippen LogP contribution in [0, 0.1) is 5.82 Å². The number of nitrogens with two attached hydrogens (primary N) is 1. The molecule has 94 valence electrons. The van der Waals surface area contributed by atoms with Crippen LogP contribution in [0.15, 0.2) is 34.9 Å². The number of hydrazine groups is 1. The van der Waals surface area contributed by atoms with Gasteiger partial charge >= 0.3 is 0 Å². The number of aromatic nitrogens is 2. The van der Waals surface area contributed by atoms with E-state index in [0.717, 1.165) is 5.69 Å². The van der Waals surface area contributed by atoms with Gasteiger partial charge in [0.25, 0.3) is 0 Å². The van der Waals surface area contributed by atoms with Crippen LogP contribution in [-0.4, -0.2) is 17.0 Å². The second kappa shape index (κ2) is 5.28. The van der Waals surface area contributed by atoms with E-state index in [1.165, 1.54) is 12.1 Å². The number of halogens is 2. The zero-order valence-corrected chi connectivity index (χ0v) is 11.1. The van der Waals surface area contributed by atoms with Crippen molar-refractivity contribution in [3.63, 3.8) is 0 Å². The summed E-state index contributed by atoms with van der Waals surface area (Å²) in [4.78, 5) is 9.99. The molecule has 2 rings (SSSR count). The molecule has 5 nitrogen and oxygen atoms in total. The number of nitrogens with one attached hydrogen (secondary N) is 1. The van der Waals surface area contributed by atoms with Gasteiger partial charge < -0.3 is 4.90 Å². The Bertz CT molecular complexity index is 546. The summed E-state index contributed by atoms with van der Waals surface area (Å²) in [5.41, 5.74) is 3.18. The van der Waals surface area contributed by atoms with E-state index in [1.54, 1.807) is 23.2 Å². The van der Waals surface area contributed by atoms with Gasteiger partial charge in [0.2, 0.25) is 5.95 Å². The Labute approximate surface area is 112 Å². The van der Waals surface area contributed by atoms with E-state index in [9.17, 15) is 4.39 Å². The normalized spacial score (nSPS) is 10.2. The summed E-state index contributed by atoms with van der Waals surface area (Å²) < 4.78 is 13.6. The third-order valence-corrected chi connectivity index (χ3v) is 2.95. The minimum absolute atomic E-state index is 0.279. The van der Waals surface area contributed by atoms with Crippen molar-refractivity contribution in [1.82, 2.24) is 9.97 Å². The molecule has 1 aromatic carbocycles. The van der Waals surface area contributed by atoms with Gasteiger partial charge in [-0.25, -0.2) is 15.2 Å². The van der Waals surface area contributed by atoms with E-state index in [4.69, 9.17) is 5.84 Å². The lowest BCUT2D eigenvalue weighted by Gasteiger charge is -2.19. The molecular weight excluding hydrogens is 301 g/mol. The first kappa shape index (κ1) is 12.7. The molecule has 0 aliphatic carbocycles. The predicted molar refractivity (Wildman–Crippen MR) is 72.0 cm³/mol. The quantitative estimate of drug-likeness (QED) is 0.673. The first-order chi connectivity index (χ1) is 8.61. The second-order valence-electron chi connectivity index (χ2n) is 3.54. The summed E-state index contributed by atoms with van der Waals surface area (Å²) in [6, 6.07) is 6.12. The highest BCUT2D eigenvalue weighted by atomic mass is 79.9. The summed E-state index contributed by atoms with van der Waals surface area (Å²) in [6.45, 7) is 0. The summed E-state index contributed by atoms with van der Waals surface area (Å²) >= 11 is 3.36. The Hall–Kier alpha value is -1.73. The van der Waals surface area contributed by atoms with Crippen molar-refractivity contribution in [2.24, 2.45) is 5.84 Å². The second-order valence-corrected chi connectivity index (χ2v) is 4.40. The predicted octanol–water partition coefficient (Wildman–Crippen LogP) is 2.43. The van der Waals surface area contributed by atoms with E-state index in [2.05, 4.69) is 31.3 Å². The number of benzene rings is 1. The van der Waals surface area contributed by atoms with E-state index in [-0.39, 0.29) is 5.82 Å². The molecule has 2 aromatic rings. The number of hydrogen-bond donors (Lipinski definition) is 2. The van der Waals surface area contributed by atoms with Crippen molar-refractivity contribution in [1.29, 1.82) is 0 Å². The number of nitrogen functional groups attached to an aromatic ring is 1. The molecule has 0 saturated heterocycles. The Morgan fingerprint density at radius 1 is 1.33 bits per heavy atom. The maximum absolute atomic E-state index is 12.9. The Morgan fingerprint density at radius 2 is 2.00 bits per heavy atom. The molecule has 0 saturated carbocycles. The van der Waals surface area contributed by atoms with Gasteiger partial charge in [-0.1, -0.05) is 0 Å². The lowest BCUT2D eigenvalue weighted by Crippen LogP contribution is -2.16. The Kier molecular flexibility index (Phi) is 3.73. The molecule has 7 heteroatoms. The van der Waals surface area contributed by atoms with Crippen molar-refractivity contribution in [2.75, 3.05) is 17.4 Å². The SMILES string of the molecule is CN(c1ccc(F)cc1)c1nc(NN)ncc1Br. The molecule has 0 atom stereocenters. The van der Waals surface area contributed by atoms with Gasteiger partial charge in [0.15, 0.2) is 5.82 Å². The van der Waals surface area contributed by atoms with Gasteiger partial charge in [-0.3, -0.25) is 5.43 Å². The van der Waals surface area contributed by atoms with Gasteiger partial charge in [0.05, 0.1) is 4.47 Å². The monoisotopic (exact) mass is 311 g/mol. The Morgan fingerprint density at radius 3 is 2.61 bits per heavy atom. The van der Waals surface area contributed by atoms with Crippen molar-refractivity contribution in [3.05, 3.63) is 40.8 Å². The summed E-state index contributed by atoms with van der Waals surface area (Å²) in [7, 11) is 1.82. The molecule has 18 heavy (non-hydrogen) atoms. The highest BCUT2D eigenvalue weighted by Crippen LogP contribution is 2.29. The molecule has 0 spiro atoms. The van der Waals surface area contributed by atoms with Crippen LogP contribution < -0.4 is 16.2 Å². The largest absolute Gasteiger partial charge is 0.328 e. The van der Waals surface area contributed by atoms with Crippen LogP contribution in [0.5, 0.6) is 0 Å². The van der Waals surface area contributed by atoms with E-state index >= 15 is 0 Å². The van der Waals surface area contributed by atoms with Crippen molar-refractivity contribution in [3.8, 4) is 0 Å². The van der Waals surface area contributed by atoms with E-state index < -0.39 is 0 Å². The van der Waals surface area contributed by atoms with Crippen LogP contribution in [0.4, 0.5) is 21.8 Å². The molecule has 0 fully saturated rings. The molecule has 1 aromatic heterocycles. The van der Waals surface area contributed by atoms with E-state index in [1.807, 2.05) is 7.05 Å². The number of hydrogen-bond acceptors (Lipinski definition) is 5. The molecular formula is C11H11BrFN5. The average Bonchev–Trinajstić information content (AvgIpc) is 2.39. The molecule has 0 amide bonds. The van der Waals surface area contributed by atoms with Crippen LogP contribution in [0.3, 0.4) is 0 Å². The first-order valence-electron chi connectivity index (χ1n) is 5.10. The van der Waals surface area contributed by atoms with Crippen molar-refractivity contribution >= 4 is 33.4 Å². The van der Waals surface area contributed by atoms with Gasteiger partial charge in [-0.2, -0.15) is 4.98 Å². The van der Waals surface area contributed by atoms with Gasteiger partial charge in [-0.05, 0) is 40.2 Å². The molecule has 0 unspecified atom stereocenters. The standard InChI is InChI=1S/C11H11BrFN5/c1-18(8-4-2-7(13)3-5-8)10-9(12)6-15-11(16-10)17-14/h2-6H,14H2,1H3,(H,15,16,17). The van der Waals surface area contributed by atoms with Crippen LogP contribution in [0.25, 0.3) is 0 Å². The maximum Gasteiger partial charge on any atom is 0.239 e. The van der Waals surface area contributed by atoms with Crippen molar-refractivity contribution in [2.45, 2.75) is 0 Å².